The quantitative estimate of drug-likeness (QED) is 0.177. The van der Waals surface area contributed by atoms with Crippen molar-refractivity contribution in [1.29, 1.82) is 0 Å². The van der Waals surface area contributed by atoms with Gasteiger partial charge in [0.1, 0.15) is 0 Å². The molecule has 0 radical (unpaired) electrons. The average Bonchev–Trinajstić information content (AvgIpc) is 4.14. The number of hydrogen-bond acceptors (Lipinski definition) is 2. The van der Waals surface area contributed by atoms with Crippen molar-refractivity contribution in [1.82, 2.24) is 9.97 Å². The first-order valence-corrected chi connectivity index (χ1v) is 24.3. The zero-order valence-corrected chi connectivity index (χ0v) is 39.2. The number of benzene rings is 4. The van der Waals surface area contributed by atoms with Gasteiger partial charge in [-0.25, -0.2) is 9.98 Å². The number of nitrogens with zero attached hydrogens (tertiary/aromatic N) is 4. The van der Waals surface area contributed by atoms with E-state index in [1.807, 2.05) is 0 Å². The van der Waals surface area contributed by atoms with Gasteiger partial charge in [-0.2, -0.15) is 0 Å². The predicted molar refractivity (Wildman–Crippen MR) is 261 cm³/mol. The van der Waals surface area contributed by atoms with Crippen LogP contribution in [0.4, 0.5) is 0 Å². The van der Waals surface area contributed by atoms with Crippen molar-refractivity contribution in [3.05, 3.63) is 222 Å². The maximum absolute atomic E-state index is 6.05. The Morgan fingerprint density at radius 2 is 0.615 bits per heavy atom. The minimum Gasteiger partial charge on any atom is -0.656 e. The fourth-order valence-electron chi connectivity index (χ4n) is 12.3. The molecular weight excluding hydrogens is 972 g/mol. The SMILES string of the molecule is [Pt+2].c1ccc(C2=C3N=C(C4=C3CCCC4)C(c3ccccc3)=c3[n-]c(c4c3CCCC4)=C(c3ccccc3)C3=NC(=C(c4ccccc4)c4[n-]c2c2c4CCCC2)C2=C3CCCC2)cc1. The molecule has 4 nitrogen and oxygen atoms in total. The Morgan fingerprint density at radius 1 is 0.308 bits per heavy atom. The number of hydrogen-bond donors (Lipinski definition) is 0. The van der Waals surface area contributed by atoms with Gasteiger partial charge in [0.15, 0.2) is 0 Å². The molecule has 6 aromatic rings. The molecule has 0 saturated heterocycles. The molecule has 2 aliphatic heterocycles. The molecule has 7 aliphatic rings. The summed E-state index contributed by atoms with van der Waals surface area (Å²) in [4.78, 5) is 24.2. The second-order valence-electron chi connectivity index (χ2n) is 18.9. The van der Waals surface area contributed by atoms with Crippen molar-refractivity contribution >= 4 is 33.7 Å². The summed E-state index contributed by atoms with van der Waals surface area (Å²) in [5, 5.41) is 2.25. The van der Waals surface area contributed by atoms with Crippen molar-refractivity contribution in [2.24, 2.45) is 9.98 Å². The summed E-state index contributed by atoms with van der Waals surface area (Å²) in [6, 6.07) is 44.5. The van der Waals surface area contributed by atoms with E-state index in [1.165, 1.54) is 89.1 Å². The van der Waals surface area contributed by atoms with Crippen LogP contribution in [0, 0.1) is 0 Å². The van der Waals surface area contributed by atoms with Crippen LogP contribution >= 0.6 is 0 Å². The summed E-state index contributed by atoms with van der Waals surface area (Å²) >= 11 is 0. The van der Waals surface area contributed by atoms with Gasteiger partial charge in [-0.1, -0.05) is 144 Å². The molecule has 0 amide bonds. The number of aliphatic imine (C=N–C) groups is 2. The van der Waals surface area contributed by atoms with Gasteiger partial charge in [-0.15, -0.1) is 22.1 Å². The first-order chi connectivity index (χ1) is 31.8. The fraction of sp³-hybridized carbons (Fsp3) is 0.267. The third-order valence-corrected chi connectivity index (χ3v) is 15.2. The van der Waals surface area contributed by atoms with Crippen LogP contribution in [0.2, 0.25) is 0 Å². The molecule has 65 heavy (non-hydrogen) atoms. The van der Waals surface area contributed by atoms with Crippen LogP contribution in [-0.4, -0.2) is 11.4 Å². The smallest absolute Gasteiger partial charge is 0.656 e. The molecule has 2 aromatic heterocycles. The van der Waals surface area contributed by atoms with Gasteiger partial charge < -0.3 is 9.97 Å². The van der Waals surface area contributed by atoms with E-state index in [2.05, 4.69) is 121 Å². The zero-order chi connectivity index (χ0) is 42.1. The van der Waals surface area contributed by atoms with E-state index in [0.29, 0.717) is 0 Å². The number of rotatable bonds is 4. The van der Waals surface area contributed by atoms with E-state index in [9.17, 15) is 0 Å². The number of aromatic nitrogens is 2. The summed E-state index contributed by atoms with van der Waals surface area (Å²) in [5.41, 5.74) is 27.6. The molecule has 4 heterocycles. The second kappa shape index (κ2) is 16.9. The van der Waals surface area contributed by atoms with Crippen LogP contribution in [0.25, 0.3) is 22.3 Å². The van der Waals surface area contributed by atoms with Crippen LogP contribution in [0.15, 0.2) is 165 Å². The van der Waals surface area contributed by atoms with E-state index in [4.69, 9.17) is 20.0 Å². The van der Waals surface area contributed by atoms with Gasteiger partial charge in [-0.05, 0) is 170 Å². The van der Waals surface area contributed by atoms with Gasteiger partial charge >= 0.3 is 21.1 Å². The van der Waals surface area contributed by atoms with Crippen molar-refractivity contribution in [3.8, 4) is 0 Å². The first-order valence-electron chi connectivity index (χ1n) is 24.3. The van der Waals surface area contributed by atoms with E-state index in [-0.39, 0.29) is 21.1 Å². The summed E-state index contributed by atoms with van der Waals surface area (Å²) in [5.74, 6) is 0. The molecular formula is C60H52N4Pt. The molecule has 0 spiro atoms. The molecule has 0 unspecified atom stereocenters. The summed E-state index contributed by atoms with van der Waals surface area (Å²) in [7, 11) is 0. The van der Waals surface area contributed by atoms with Crippen LogP contribution in [0.5, 0.6) is 0 Å². The van der Waals surface area contributed by atoms with Gasteiger partial charge in [0.05, 0.1) is 22.8 Å². The maximum atomic E-state index is 6.05. The average molecular weight is 1020 g/mol. The van der Waals surface area contributed by atoms with Crippen molar-refractivity contribution in [3.63, 3.8) is 0 Å². The van der Waals surface area contributed by atoms with Gasteiger partial charge in [0, 0.05) is 0 Å². The van der Waals surface area contributed by atoms with E-state index < -0.39 is 0 Å². The molecule has 4 aromatic carbocycles. The largest absolute Gasteiger partial charge is 2.00 e. The Bertz CT molecular complexity index is 3010. The molecule has 0 fully saturated rings. The van der Waals surface area contributed by atoms with Gasteiger partial charge in [0.25, 0.3) is 0 Å². The Hall–Kier alpha value is -5.83. The molecule has 13 rings (SSSR count). The molecule has 322 valence electrons. The summed E-state index contributed by atoms with van der Waals surface area (Å²) in [6.07, 6.45) is 17.4. The molecule has 8 bridgehead atoms. The Kier molecular flexibility index (Phi) is 10.6. The fourth-order valence-corrected chi connectivity index (χ4v) is 12.3. The zero-order valence-electron chi connectivity index (χ0n) is 37.0. The molecule has 5 aliphatic carbocycles. The minimum absolute atomic E-state index is 0. The van der Waals surface area contributed by atoms with Crippen molar-refractivity contribution in [2.45, 2.75) is 103 Å². The second-order valence-corrected chi connectivity index (χ2v) is 18.9. The Balaban J connectivity index is 0.00000444. The maximum Gasteiger partial charge on any atom is 2.00 e. The Labute approximate surface area is 396 Å². The van der Waals surface area contributed by atoms with Crippen molar-refractivity contribution < 1.29 is 21.1 Å². The van der Waals surface area contributed by atoms with Gasteiger partial charge in [0.2, 0.25) is 0 Å². The predicted octanol–water partition coefficient (Wildman–Crippen LogP) is 11.6. The van der Waals surface area contributed by atoms with Crippen LogP contribution < -0.4 is 20.7 Å². The van der Waals surface area contributed by atoms with Crippen molar-refractivity contribution in [2.75, 3.05) is 0 Å². The minimum atomic E-state index is 0. The van der Waals surface area contributed by atoms with Crippen LogP contribution in [0.3, 0.4) is 0 Å². The summed E-state index contributed by atoms with van der Waals surface area (Å²) in [6.45, 7) is 0. The monoisotopic (exact) mass is 1020 g/mol. The van der Waals surface area contributed by atoms with E-state index >= 15 is 0 Å². The van der Waals surface area contributed by atoms with E-state index in [1.54, 1.807) is 0 Å². The van der Waals surface area contributed by atoms with Gasteiger partial charge in [-0.3, -0.25) is 0 Å². The van der Waals surface area contributed by atoms with Crippen LogP contribution in [-0.2, 0) is 46.7 Å². The normalized spacial score (nSPS) is 19.1. The molecule has 0 N–H and O–H groups in total. The standard InChI is InChI=1S/C60H52N4.Pt/c1-5-21-37(22-6-1)49-53-41-29-13-15-31-43(41)55(61-53)50(38-23-7-2-8-24-38)57-45-33-17-19-35-47(45)59(63-57)52(40-27-11-4-12-28-40)60-48-36-20-18-34-46(48)58(64-60)51(39-25-9-3-10-26-39)56-44-32-16-14-30-42(44)54(49)62-56;/h1-12,21-28H,13-20,29-36H2;/q-2;+2. The molecule has 0 atom stereocenters. The van der Waals surface area contributed by atoms with Crippen LogP contribution in [0.1, 0.15) is 133 Å². The van der Waals surface area contributed by atoms with E-state index in [0.717, 1.165) is 148 Å². The molecule has 5 heteroatoms. The number of allylic oxidation sites excluding steroid dienone is 4. The molecule has 0 saturated carbocycles. The summed E-state index contributed by atoms with van der Waals surface area (Å²) < 4.78 is 0. The Morgan fingerprint density at radius 3 is 0.985 bits per heavy atom. The topological polar surface area (TPSA) is 52.9 Å². The third-order valence-electron chi connectivity index (χ3n) is 15.2. The third kappa shape index (κ3) is 6.65. The first kappa shape index (κ1) is 40.7.